The fourth-order valence-corrected chi connectivity index (χ4v) is 2.38. The van der Waals surface area contributed by atoms with Gasteiger partial charge >= 0.3 is 0 Å². The first-order valence-electron chi connectivity index (χ1n) is 5.18. The predicted octanol–water partition coefficient (Wildman–Crippen LogP) is 3.61. The lowest BCUT2D eigenvalue weighted by Crippen LogP contribution is -1.99. The molecule has 0 radical (unpaired) electrons. The highest BCUT2D eigenvalue weighted by molar-refractivity contribution is 7.15. The number of halogens is 2. The van der Waals surface area contributed by atoms with Gasteiger partial charge < -0.3 is 5.32 Å². The lowest BCUT2D eigenvalue weighted by Gasteiger charge is -2.06. The van der Waals surface area contributed by atoms with Gasteiger partial charge in [-0.25, -0.2) is 9.37 Å². The number of nitriles is 1. The van der Waals surface area contributed by atoms with Crippen LogP contribution < -0.4 is 5.32 Å². The van der Waals surface area contributed by atoms with Gasteiger partial charge in [0.15, 0.2) is 4.47 Å². The lowest BCUT2D eigenvalue weighted by atomic mass is 10.1. The first-order valence-corrected chi connectivity index (χ1v) is 6.38. The molecule has 0 spiro atoms. The molecule has 0 amide bonds. The molecule has 6 heteroatoms. The summed E-state index contributed by atoms with van der Waals surface area (Å²) in [6.07, 6.45) is 1.76. The Hall–Kier alpha value is -1.64. The van der Waals surface area contributed by atoms with E-state index in [2.05, 4.69) is 10.3 Å². The zero-order valence-electron chi connectivity index (χ0n) is 9.28. The fraction of sp³-hybridized carbons (Fsp3) is 0.167. The van der Waals surface area contributed by atoms with Crippen LogP contribution in [-0.2, 0) is 13.0 Å². The van der Waals surface area contributed by atoms with Crippen molar-refractivity contribution in [2.75, 3.05) is 5.32 Å². The molecule has 0 saturated carbocycles. The minimum absolute atomic E-state index is 0.0632. The molecule has 2 aromatic rings. The molecule has 0 saturated heterocycles. The maximum Gasteiger partial charge on any atom is 0.183 e. The summed E-state index contributed by atoms with van der Waals surface area (Å²) in [5, 5.41) is 11.7. The van der Waals surface area contributed by atoms with Crippen LogP contribution in [0, 0.1) is 17.1 Å². The van der Waals surface area contributed by atoms with Gasteiger partial charge in [0.1, 0.15) is 5.82 Å². The molecular weight excluding hydrogens is 273 g/mol. The maximum atomic E-state index is 13.3. The standard InChI is InChI=1S/C12H9ClFN3S/c13-12-17-7-10(18-12)6-16-9-1-2-11(14)8(5-9)3-4-15/h1-2,5,7,16H,3,6H2. The van der Waals surface area contributed by atoms with E-state index in [1.807, 2.05) is 6.07 Å². The number of nitrogens with one attached hydrogen (secondary N) is 1. The van der Waals surface area contributed by atoms with E-state index in [4.69, 9.17) is 16.9 Å². The lowest BCUT2D eigenvalue weighted by molar-refractivity contribution is 0.615. The molecule has 92 valence electrons. The van der Waals surface area contributed by atoms with Crippen LogP contribution in [0.15, 0.2) is 24.4 Å². The van der Waals surface area contributed by atoms with E-state index in [0.717, 1.165) is 10.6 Å². The van der Waals surface area contributed by atoms with E-state index in [1.165, 1.54) is 17.4 Å². The molecule has 3 nitrogen and oxygen atoms in total. The van der Waals surface area contributed by atoms with Gasteiger partial charge in [-0.05, 0) is 18.2 Å². The van der Waals surface area contributed by atoms with Crippen molar-refractivity contribution in [1.82, 2.24) is 4.98 Å². The van der Waals surface area contributed by atoms with Gasteiger partial charge in [0, 0.05) is 22.3 Å². The van der Waals surface area contributed by atoms with E-state index in [9.17, 15) is 4.39 Å². The van der Waals surface area contributed by atoms with Crippen LogP contribution in [0.25, 0.3) is 0 Å². The number of anilines is 1. The van der Waals surface area contributed by atoms with Gasteiger partial charge in [0.25, 0.3) is 0 Å². The van der Waals surface area contributed by atoms with E-state index in [0.29, 0.717) is 16.6 Å². The third-order valence-corrected chi connectivity index (χ3v) is 3.42. The van der Waals surface area contributed by atoms with Crippen molar-refractivity contribution in [2.24, 2.45) is 0 Å². The Morgan fingerprint density at radius 2 is 2.33 bits per heavy atom. The van der Waals surface area contributed by atoms with E-state index < -0.39 is 0 Å². The molecule has 0 unspecified atom stereocenters. The summed E-state index contributed by atoms with van der Waals surface area (Å²) in [6.45, 7) is 0.571. The first kappa shape index (κ1) is 12.8. The van der Waals surface area contributed by atoms with Crippen molar-refractivity contribution in [3.05, 3.63) is 45.1 Å². The molecule has 1 heterocycles. The van der Waals surface area contributed by atoms with Crippen molar-refractivity contribution in [3.63, 3.8) is 0 Å². The van der Waals surface area contributed by atoms with Crippen molar-refractivity contribution in [2.45, 2.75) is 13.0 Å². The number of benzene rings is 1. The van der Waals surface area contributed by atoms with Crippen LogP contribution in [0.3, 0.4) is 0 Å². The highest BCUT2D eigenvalue weighted by atomic mass is 35.5. The number of aromatic nitrogens is 1. The van der Waals surface area contributed by atoms with Crippen molar-refractivity contribution >= 4 is 28.6 Å². The van der Waals surface area contributed by atoms with Gasteiger partial charge in [0.2, 0.25) is 0 Å². The third kappa shape index (κ3) is 3.19. The number of hydrogen-bond donors (Lipinski definition) is 1. The van der Waals surface area contributed by atoms with Crippen LogP contribution in [-0.4, -0.2) is 4.98 Å². The van der Waals surface area contributed by atoms with Crippen molar-refractivity contribution in [1.29, 1.82) is 5.26 Å². The molecule has 0 aliphatic heterocycles. The summed E-state index contributed by atoms with van der Waals surface area (Å²) >= 11 is 7.11. The first-order chi connectivity index (χ1) is 8.69. The van der Waals surface area contributed by atoms with E-state index >= 15 is 0 Å². The second-order valence-corrected chi connectivity index (χ2v) is 5.27. The second-order valence-electron chi connectivity index (χ2n) is 3.57. The Labute approximate surface area is 113 Å². The molecule has 0 aliphatic rings. The summed E-state index contributed by atoms with van der Waals surface area (Å²) in [7, 11) is 0. The van der Waals surface area contributed by atoms with Crippen LogP contribution in [0.1, 0.15) is 10.4 Å². The highest BCUT2D eigenvalue weighted by Gasteiger charge is 2.04. The molecule has 0 aliphatic carbocycles. The van der Waals surface area contributed by atoms with Crippen LogP contribution in [0.5, 0.6) is 0 Å². The topological polar surface area (TPSA) is 48.7 Å². The smallest absolute Gasteiger partial charge is 0.183 e. The molecule has 18 heavy (non-hydrogen) atoms. The van der Waals surface area contributed by atoms with E-state index in [-0.39, 0.29) is 12.2 Å². The van der Waals surface area contributed by atoms with Crippen LogP contribution in [0.4, 0.5) is 10.1 Å². The molecule has 0 bridgehead atoms. The van der Waals surface area contributed by atoms with Crippen LogP contribution >= 0.6 is 22.9 Å². The molecule has 2 rings (SSSR count). The molecular formula is C12H9ClFN3S. The summed E-state index contributed by atoms with van der Waals surface area (Å²) in [6, 6.07) is 6.57. The molecule has 1 aromatic heterocycles. The molecule has 1 aromatic carbocycles. The summed E-state index contributed by atoms with van der Waals surface area (Å²) in [5.74, 6) is -0.358. The van der Waals surface area contributed by atoms with Gasteiger partial charge in [-0.2, -0.15) is 5.26 Å². The Morgan fingerprint density at radius 3 is 3.00 bits per heavy atom. The number of hydrogen-bond acceptors (Lipinski definition) is 4. The van der Waals surface area contributed by atoms with Gasteiger partial charge in [-0.15, -0.1) is 11.3 Å². The van der Waals surface area contributed by atoms with Crippen molar-refractivity contribution < 1.29 is 4.39 Å². The number of rotatable bonds is 4. The molecule has 0 fully saturated rings. The number of nitrogens with zero attached hydrogens (tertiary/aromatic N) is 2. The fourth-order valence-electron chi connectivity index (χ4n) is 1.46. The highest BCUT2D eigenvalue weighted by Crippen LogP contribution is 2.20. The largest absolute Gasteiger partial charge is 0.380 e. The Kier molecular flexibility index (Phi) is 4.13. The summed E-state index contributed by atoms with van der Waals surface area (Å²) in [4.78, 5) is 4.92. The predicted molar refractivity (Wildman–Crippen MR) is 70.2 cm³/mol. The average molecular weight is 282 g/mol. The van der Waals surface area contributed by atoms with Gasteiger partial charge in [0.05, 0.1) is 19.0 Å². The van der Waals surface area contributed by atoms with Gasteiger partial charge in [-0.3, -0.25) is 0 Å². The second kappa shape index (κ2) is 5.80. The zero-order chi connectivity index (χ0) is 13.0. The minimum Gasteiger partial charge on any atom is -0.380 e. The number of thiazole rings is 1. The third-order valence-electron chi connectivity index (χ3n) is 2.31. The van der Waals surface area contributed by atoms with Crippen molar-refractivity contribution in [3.8, 4) is 6.07 Å². The Balaban J connectivity index is 2.05. The normalized spacial score (nSPS) is 10.1. The summed E-state index contributed by atoms with van der Waals surface area (Å²) in [5.41, 5.74) is 1.16. The SMILES string of the molecule is N#CCc1cc(NCc2cnc(Cl)s2)ccc1F. The van der Waals surface area contributed by atoms with E-state index in [1.54, 1.807) is 18.3 Å². The van der Waals surface area contributed by atoms with Crippen LogP contribution in [0.2, 0.25) is 4.47 Å². The zero-order valence-corrected chi connectivity index (χ0v) is 10.9. The Morgan fingerprint density at radius 1 is 1.50 bits per heavy atom. The summed E-state index contributed by atoms with van der Waals surface area (Å²) < 4.78 is 13.8. The molecule has 1 N–H and O–H groups in total. The average Bonchev–Trinajstić information content (AvgIpc) is 2.76. The Bertz CT molecular complexity index is 591. The quantitative estimate of drug-likeness (QED) is 0.931. The monoisotopic (exact) mass is 281 g/mol. The molecule has 0 atom stereocenters. The van der Waals surface area contributed by atoms with Gasteiger partial charge in [-0.1, -0.05) is 11.6 Å². The minimum atomic E-state index is -0.358. The maximum absolute atomic E-state index is 13.3.